The minimum absolute atomic E-state index is 0.00502. The van der Waals surface area contributed by atoms with Crippen molar-refractivity contribution in [1.29, 1.82) is 0 Å². The van der Waals surface area contributed by atoms with Gasteiger partial charge in [0.15, 0.2) is 5.78 Å². The molecule has 1 aromatic heterocycles. The zero-order chi connectivity index (χ0) is 10.3. The zero-order valence-corrected chi connectivity index (χ0v) is 8.91. The molecule has 0 bridgehead atoms. The van der Waals surface area contributed by atoms with Gasteiger partial charge in [-0.05, 0) is 19.1 Å². The summed E-state index contributed by atoms with van der Waals surface area (Å²) in [7, 11) is 0. The largest absolute Gasteiger partial charge is 0.359 e. The third kappa shape index (κ3) is 1.41. The average Bonchev–Trinajstić information content (AvgIpc) is 2.47. The number of hydrogen-bond acceptors (Lipinski definition) is 1. The monoisotopic (exact) mass is 227 g/mol. The predicted molar refractivity (Wildman–Crippen MR) is 58.3 cm³/mol. The number of H-pyrrole nitrogens is 1. The van der Waals surface area contributed by atoms with Crippen LogP contribution in [0.4, 0.5) is 0 Å². The summed E-state index contributed by atoms with van der Waals surface area (Å²) in [5, 5.41) is 1.83. The summed E-state index contributed by atoms with van der Waals surface area (Å²) < 4.78 is 0. The number of benzene rings is 1. The molecule has 1 aromatic carbocycles. The second kappa shape index (κ2) is 3.30. The SMILES string of the molecule is CC(=O)c1c[nH]c2c(Cl)cc(Cl)cc12. The van der Waals surface area contributed by atoms with Gasteiger partial charge in [-0.25, -0.2) is 0 Å². The van der Waals surface area contributed by atoms with Crippen LogP contribution in [0, 0.1) is 0 Å². The average molecular weight is 228 g/mol. The van der Waals surface area contributed by atoms with Gasteiger partial charge in [0.1, 0.15) is 0 Å². The Hall–Kier alpha value is -0.990. The van der Waals surface area contributed by atoms with E-state index >= 15 is 0 Å². The van der Waals surface area contributed by atoms with E-state index in [4.69, 9.17) is 23.2 Å². The molecule has 2 aromatic rings. The van der Waals surface area contributed by atoms with Crippen LogP contribution in [0.25, 0.3) is 10.9 Å². The maximum Gasteiger partial charge on any atom is 0.161 e. The van der Waals surface area contributed by atoms with Crippen LogP contribution < -0.4 is 0 Å². The molecular weight excluding hydrogens is 221 g/mol. The summed E-state index contributed by atoms with van der Waals surface area (Å²) in [6, 6.07) is 3.38. The fourth-order valence-corrected chi connectivity index (χ4v) is 1.99. The van der Waals surface area contributed by atoms with Crippen molar-refractivity contribution in [3.63, 3.8) is 0 Å². The van der Waals surface area contributed by atoms with Crippen molar-refractivity contribution in [3.8, 4) is 0 Å². The minimum atomic E-state index is -0.00502. The van der Waals surface area contributed by atoms with Gasteiger partial charge in [0.05, 0.1) is 10.5 Å². The molecule has 0 radical (unpaired) electrons. The fraction of sp³-hybridized carbons (Fsp3) is 0.100. The number of aromatic nitrogens is 1. The quantitative estimate of drug-likeness (QED) is 0.742. The van der Waals surface area contributed by atoms with Crippen LogP contribution in [0.3, 0.4) is 0 Å². The Kier molecular flexibility index (Phi) is 2.25. The van der Waals surface area contributed by atoms with Crippen molar-refractivity contribution in [1.82, 2.24) is 4.98 Å². The molecule has 1 N–H and O–H groups in total. The van der Waals surface area contributed by atoms with E-state index in [9.17, 15) is 4.79 Å². The maximum absolute atomic E-state index is 11.2. The van der Waals surface area contributed by atoms with Crippen LogP contribution in [-0.4, -0.2) is 10.8 Å². The lowest BCUT2D eigenvalue weighted by Crippen LogP contribution is -1.88. The molecule has 0 aliphatic heterocycles. The second-order valence-corrected chi connectivity index (χ2v) is 3.91. The number of hydrogen-bond donors (Lipinski definition) is 1. The van der Waals surface area contributed by atoms with E-state index in [2.05, 4.69) is 4.98 Å². The van der Waals surface area contributed by atoms with Crippen molar-refractivity contribution in [2.24, 2.45) is 0 Å². The van der Waals surface area contributed by atoms with Gasteiger partial charge in [0.25, 0.3) is 0 Å². The molecule has 72 valence electrons. The number of carbonyl (C=O) groups excluding carboxylic acids is 1. The molecule has 2 rings (SSSR count). The number of halogens is 2. The normalized spacial score (nSPS) is 10.8. The summed E-state index contributed by atoms with van der Waals surface area (Å²) in [5.74, 6) is -0.00502. The molecule has 0 saturated heterocycles. The predicted octanol–water partition coefficient (Wildman–Crippen LogP) is 3.68. The number of carbonyl (C=O) groups is 1. The van der Waals surface area contributed by atoms with Crippen LogP contribution in [0.2, 0.25) is 10.0 Å². The van der Waals surface area contributed by atoms with Gasteiger partial charge < -0.3 is 4.98 Å². The molecule has 0 saturated carbocycles. The molecule has 0 spiro atoms. The third-order valence-corrected chi connectivity index (χ3v) is 2.60. The summed E-state index contributed by atoms with van der Waals surface area (Å²) in [5.41, 5.74) is 1.37. The lowest BCUT2D eigenvalue weighted by atomic mass is 10.1. The minimum Gasteiger partial charge on any atom is -0.359 e. The lowest BCUT2D eigenvalue weighted by Gasteiger charge is -1.97. The van der Waals surface area contributed by atoms with Crippen LogP contribution in [-0.2, 0) is 0 Å². The van der Waals surface area contributed by atoms with Gasteiger partial charge in [-0.15, -0.1) is 0 Å². The molecule has 14 heavy (non-hydrogen) atoms. The highest BCUT2D eigenvalue weighted by Gasteiger charge is 2.10. The summed E-state index contributed by atoms with van der Waals surface area (Å²) in [6.45, 7) is 1.51. The topological polar surface area (TPSA) is 32.9 Å². The van der Waals surface area contributed by atoms with Crippen LogP contribution in [0.15, 0.2) is 18.3 Å². The first-order chi connectivity index (χ1) is 6.59. The summed E-state index contributed by atoms with van der Waals surface area (Å²) in [6.07, 6.45) is 1.65. The lowest BCUT2D eigenvalue weighted by molar-refractivity contribution is 0.101. The van der Waals surface area contributed by atoms with Gasteiger partial charge in [-0.3, -0.25) is 4.79 Å². The maximum atomic E-state index is 11.2. The molecule has 0 aliphatic carbocycles. The van der Waals surface area contributed by atoms with Crippen molar-refractivity contribution in [2.75, 3.05) is 0 Å². The molecule has 0 atom stereocenters. The standard InChI is InChI=1S/C10H7Cl2NO/c1-5(14)8-4-13-10-7(8)2-6(11)3-9(10)12/h2-4,13H,1H3. The molecule has 4 heteroatoms. The highest BCUT2D eigenvalue weighted by molar-refractivity contribution is 6.38. The summed E-state index contributed by atoms with van der Waals surface area (Å²) >= 11 is 11.8. The Balaban J connectivity index is 2.85. The highest BCUT2D eigenvalue weighted by atomic mass is 35.5. The molecule has 1 heterocycles. The van der Waals surface area contributed by atoms with E-state index in [1.165, 1.54) is 6.92 Å². The van der Waals surface area contributed by atoms with E-state index in [0.29, 0.717) is 15.6 Å². The smallest absolute Gasteiger partial charge is 0.161 e. The van der Waals surface area contributed by atoms with Crippen molar-refractivity contribution < 1.29 is 4.79 Å². The highest BCUT2D eigenvalue weighted by Crippen LogP contribution is 2.29. The van der Waals surface area contributed by atoms with Gasteiger partial charge in [0, 0.05) is 22.2 Å². The molecule has 0 fully saturated rings. The van der Waals surface area contributed by atoms with E-state index in [1.54, 1.807) is 18.3 Å². The van der Waals surface area contributed by atoms with E-state index in [1.807, 2.05) is 0 Å². The van der Waals surface area contributed by atoms with E-state index in [-0.39, 0.29) is 5.78 Å². The van der Waals surface area contributed by atoms with E-state index in [0.717, 1.165) is 10.9 Å². The number of rotatable bonds is 1. The van der Waals surface area contributed by atoms with E-state index < -0.39 is 0 Å². The molecule has 0 aliphatic rings. The molecule has 2 nitrogen and oxygen atoms in total. The van der Waals surface area contributed by atoms with Gasteiger partial charge in [-0.1, -0.05) is 23.2 Å². The first-order valence-electron chi connectivity index (χ1n) is 4.06. The Morgan fingerprint density at radius 1 is 1.36 bits per heavy atom. The molecule has 0 unspecified atom stereocenters. The van der Waals surface area contributed by atoms with Crippen LogP contribution >= 0.6 is 23.2 Å². The van der Waals surface area contributed by atoms with Crippen LogP contribution in [0.5, 0.6) is 0 Å². The Morgan fingerprint density at radius 2 is 2.07 bits per heavy atom. The van der Waals surface area contributed by atoms with Crippen molar-refractivity contribution >= 4 is 39.9 Å². The van der Waals surface area contributed by atoms with Gasteiger partial charge in [0.2, 0.25) is 0 Å². The Morgan fingerprint density at radius 3 is 2.71 bits per heavy atom. The fourth-order valence-electron chi connectivity index (χ4n) is 1.45. The Labute approximate surface area is 90.8 Å². The number of Topliss-reactive ketones (excluding diaryl/α,β-unsaturated/α-hetero) is 1. The van der Waals surface area contributed by atoms with Crippen molar-refractivity contribution in [2.45, 2.75) is 6.92 Å². The zero-order valence-electron chi connectivity index (χ0n) is 7.40. The number of ketones is 1. The number of fused-ring (bicyclic) bond motifs is 1. The first kappa shape index (κ1) is 9.56. The second-order valence-electron chi connectivity index (χ2n) is 3.07. The first-order valence-corrected chi connectivity index (χ1v) is 4.82. The summed E-state index contributed by atoms with van der Waals surface area (Å²) in [4.78, 5) is 14.2. The van der Waals surface area contributed by atoms with Gasteiger partial charge >= 0.3 is 0 Å². The Bertz CT molecular complexity index is 516. The van der Waals surface area contributed by atoms with Gasteiger partial charge in [-0.2, -0.15) is 0 Å². The van der Waals surface area contributed by atoms with Crippen LogP contribution in [0.1, 0.15) is 17.3 Å². The molecular formula is C10H7Cl2NO. The third-order valence-electron chi connectivity index (χ3n) is 2.09. The molecule has 0 amide bonds. The number of aromatic amines is 1. The number of nitrogens with one attached hydrogen (secondary N) is 1. The van der Waals surface area contributed by atoms with Crippen molar-refractivity contribution in [3.05, 3.63) is 33.9 Å².